The lowest BCUT2D eigenvalue weighted by molar-refractivity contribution is 0.102. The summed E-state index contributed by atoms with van der Waals surface area (Å²) in [4.78, 5) is 16.9. The van der Waals surface area contributed by atoms with Crippen molar-refractivity contribution in [1.82, 2.24) is 4.98 Å². The van der Waals surface area contributed by atoms with Gasteiger partial charge in [0.15, 0.2) is 5.13 Å². The Hall–Kier alpha value is -2.66. The van der Waals surface area contributed by atoms with Crippen molar-refractivity contribution in [2.75, 3.05) is 10.6 Å². The molecule has 0 unspecified atom stereocenters. The molecule has 1 aromatic heterocycles. The number of hydrogen-bond donors (Lipinski definition) is 2. The third-order valence-corrected chi connectivity index (χ3v) is 4.76. The quantitative estimate of drug-likeness (QED) is 0.699. The summed E-state index contributed by atoms with van der Waals surface area (Å²) in [6.07, 6.45) is 0. The van der Waals surface area contributed by atoms with Gasteiger partial charge >= 0.3 is 0 Å². The van der Waals surface area contributed by atoms with Crippen LogP contribution in [0.5, 0.6) is 0 Å². The fourth-order valence-electron chi connectivity index (χ4n) is 2.40. The van der Waals surface area contributed by atoms with Crippen LogP contribution in [0.2, 0.25) is 0 Å². The highest BCUT2D eigenvalue weighted by Crippen LogP contribution is 2.26. The highest BCUT2D eigenvalue weighted by atomic mass is 32.1. The van der Waals surface area contributed by atoms with Gasteiger partial charge in [-0.3, -0.25) is 10.1 Å². The Morgan fingerprint density at radius 2 is 1.75 bits per heavy atom. The maximum absolute atomic E-state index is 12.6. The van der Waals surface area contributed by atoms with E-state index in [1.807, 2.05) is 48.7 Å². The first kappa shape index (κ1) is 16.2. The number of hydrogen-bond acceptors (Lipinski definition) is 4. The fraction of sp³-hybridized carbons (Fsp3) is 0.158. The predicted octanol–water partition coefficient (Wildman–Crippen LogP) is 5.06. The second-order valence-electron chi connectivity index (χ2n) is 5.67. The number of para-hydroxylation sites is 1. The van der Waals surface area contributed by atoms with Crippen molar-refractivity contribution < 1.29 is 4.79 Å². The molecule has 5 heteroatoms. The van der Waals surface area contributed by atoms with Crippen molar-refractivity contribution in [3.8, 4) is 0 Å². The van der Waals surface area contributed by atoms with Gasteiger partial charge in [-0.2, -0.15) is 0 Å². The number of carbonyl (C=O) groups excluding carboxylic acids is 1. The average molecular weight is 337 g/mol. The number of nitrogens with zero attached hydrogens (tertiary/aromatic N) is 1. The number of aryl methyl sites for hydroxylation is 2. The molecule has 0 spiro atoms. The summed E-state index contributed by atoms with van der Waals surface area (Å²) in [7, 11) is 0. The van der Waals surface area contributed by atoms with Crippen LogP contribution in [0.15, 0.2) is 47.8 Å². The molecule has 24 heavy (non-hydrogen) atoms. The van der Waals surface area contributed by atoms with Crippen LogP contribution < -0.4 is 10.6 Å². The molecule has 3 rings (SSSR count). The average Bonchev–Trinajstić information content (AvgIpc) is 2.97. The molecular weight excluding hydrogens is 318 g/mol. The van der Waals surface area contributed by atoms with Crippen LogP contribution in [0.3, 0.4) is 0 Å². The summed E-state index contributed by atoms with van der Waals surface area (Å²) in [6, 6.07) is 13.6. The normalized spacial score (nSPS) is 10.5. The standard InChI is InChI=1S/C19H19N3OS/c1-12-7-6-10-16(14(12)3)21-17-9-5-4-8-15(17)18(23)22-19-20-13(2)11-24-19/h4-11,21H,1-3H3,(H,20,22,23). The number of aromatic nitrogens is 1. The van der Waals surface area contributed by atoms with Crippen molar-refractivity contribution >= 4 is 33.8 Å². The van der Waals surface area contributed by atoms with E-state index in [9.17, 15) is 4.79 Å². The smallest absolute Gasteiger partial charge is 0.259 e. The van der Waals surface area contributed by atoms with Gasteiger partial charge in [0, 0.05) is 11.1 Å². The number of amides is 1. The zero-order chi connectivity index (χ0) is 17.1. The van der Waals surface area contributed by atoms with Gasteiger partial charge < -0.3 is 5.32 Å². The molecule has 1 amide bonds. The van der Waals surface area contributed by atoms with Gasteiger partial charge in [-0.15, -0.1) is 11.3 Å². The second kappa shape index (κ2) is 6.84. The Labute approximate surface area is 145 Å². The lowest BCUT2D eigenvalue weighted by Crippen LogP contribution is -2.14. The Morgan fingerprint density at radius 3 is 2.50 bits per heavy atom. The molecule has 122 valence electrons. The van der Waals surface area contributed by atoms with Gasteiger partial charge in [-0.1, -0.05) is 24.3 Å². The second-order valence-corrected chi connectivity index (χ2v) is 6.52. The first-order valence-electron chi connectivity index (χ1n) is 7.70. The first-order valence-corrected chi connectivity index (χ1v) is 8.58. The SMILES string of the molecule is Cc1csc(NC(=O)c2ccccc2Nc2cccc(C)c2C)n1. The Bertz CT molecular complexity index is 886. The van der Waals surface area contributed by atoms with Gasteiger partial charge in [-0.25, -0.2) is 4.98 Å². The van der Waals surface area contributed by atoms with Crippen LogP contribution in [0, 0.1) is 20.8 Å². The summed E-state index contributed by atoms with van der Waals surface area (Å²) >= 11 is 1.42. The maximum Gasteiger partial charge on any atom is 0.259 e. The zero-order valence-electron chi connectivity index (χ0n) is 13.9. The molecule has 0 fully saturated rings. The lowest BCUT2D eigenvalue weighted by atomic mass is 10.1. The lowest BCUT2D eigenvalue weighted by Gasteiger charge is -2.14. The van der Waals surface area contributed by atoms with E-state index in [1.54, 1.807) is 0 Å². The van der Waals surface area contributed by atoms with E-state index in [-0.39, 0.29) is 5.91 Å². The number of nitrogens with one attached hydrogen (secondary N) is 2. The largest absolute Gasteiger partial charge is 0.355 e. The number of anilines is 3. The van der Waals surface area contributed by atoms with Crippen molar-refractivity contribution in [3.05, 3.63) is 70.2 Å². The molecule has 0 aliphatic rings. The monoisotopic (exact) mass is 337 g/mol. The summed E-state index contributed by atoms with van der Waals surface area (Å²) in [5.74, 6) is -0.169. The first-order chi connectivity index (χ1) is 11.5. The topological polar surface area (TPSA) is 54.0 Å². The highest BCUT2D eigenvalue weighted by molar-refractivity contribution is 7.13. The van der Waals surface area contributed by atoms with Gasteiger partial charge in [-0.05, 0) is 50.1 Å². The molecule has 0 aliphatic heterocycles. The maximum atomic E-state index is 12.6. The van der Waals surface area contributed by atoms with Crippen molar-refractivity contribution in [1.29, 1.82) is 0 Å². The number of rotatable bonds is 4. The molecule has 4 nitrogen and oxygen atoms in total. The Kier molecular flexibility index (Phi) is 4.62. The molecule has 0 saturated carbocycles. The van der Waals surface area contributed by atoms with Gasteiger partial charge in [0.05, 0.1) is 16.9 Å². The van der Waals surface area contributed by atoms with Crippen LogP contribution in [0.25, 0.3) is 0 Å². The Balaban J connectivity index is 1.87. The minimum atomic E-state index is -0.169. The molecule has 3 aromatic rings. The van der Waals surface area contributed by atoms with E-state index in [2.05, 4.69) is 35.5 Å². The van der Waals surface area contributed by atoms with E-state index in [0.717, 1.165) is 17.1 Å². The van der Waals surface area contributed by atoms with Crippen LogP contribution >= 0.6 is 11.3 Å². The molecule has 2 aromatic carbocycles. The van der Waals surface area contributed by atoms with E-state index >= 15 is 0 Å². The van der Waals surface area contributed by atoms with Gasteiger partial charge in [0.2, 0.25) is 0 Å². The fourth-order valence-corrected chi connectivity index (χ4v) is 3.08. The molecule has 0 aliphatic carbocycles. The summed E-state index contributed by atoms with van der Waals surface area (Å²) < 4.78 is 0. The van der Waals surface area contributed by atoms with E-state index in [4.69, 9.17) is 0 Å². The summed E-state index contributed by atoms with van der Waals surface area (Å²) in [5.41, 5.74) is 5.64. The molecule has 0 bridgehead atoms. The predicted molar refractivity (Wildman–Crippen MR) is 100 cm³/mol. The molecule has 2 N–H and O–H groups in total. The number of thiazole rings is 1. The van der Waals surface area contributed by atoms with E-state index in [0.29, 0.717) is 10.7 Å². The molecule has 1 heterocycles. The third kappa shape index (κ3) is 3.46. The molecule has 0 radical (unpaired) electrons. The van der Waals surface area contributed by atoms with Crippen LogP contribution in [0.4, 0.5) is 16.5 Å². The van der Waals surface area contributed by atoms with E-state index in [1.165, 1.54) is 22.5 Å². The number of benzene rings is 2. The van der Waals surface area contributed by atoms with Gasteiger partial charge in [0.25, 0.3) is 5.91 Å². The Morgan fingerprint density at radius 1 is 1.00 bits per heavy atom. The molecule has 0 saturated heterocycles. The molecule has 0 atom stereocenters. The minimum Gasteiger partial charge on any atom is -0.355 e. The third-order valence-electron chi connectivity index (χ3n) is 3.89. The van der Waals surface area contributed by atoms with Crippen LogP contribution in [0.1, 0.15) is 27.2 Å². The van der Waals surface area contributed by atoms with Crippen LogP contribution in [-0.4, -0.2) is 10.9 Å². The van der Waals surface area contributed by atoms with Crippen LogP contribution in [-0.2, 0) is 0 Å². The minimum absolute atomic E-state index is 0.169. The van der Waals surface area contributed by atoms with Crippen molar-refractivity contribution in [2.24, 2.45) is 0 Å². The number of carbonyl (C=O) groups is 1. The summed E-state index contributed by atoms with van der Waals surface area (Å²) in [6.45, 7) is 6.05. The highest BCUT2D eigenvalue weighted by Gasteiger charge is 2.13. The zero-order valence-corrected chi connectivity index (χ0v) is 14.7. The summed E-state index contributed by atoms with van der Waals surface area (Å²) in [5, 5.41) is 8.76. The van der Waals surface area contributed by atoms with Crippen molar-refractivity contribution in [2.45, 2.75) is 20.8 Å². The molecular formula is C19H19N3OS. The van der Waals surface area contributed by atoms with Gasteiger partial charge in [0.1, 0.15) is 0 Å². The van der Waals surface area contributed by atoms with E-state index < -0.39 is 0 Å². The van der Waals surface area contributed by atoms with Crippen molar-refractivity contribution in [3.63, 3.8) is 0 Å².